The molecule has 16 N–H and O–H groups in total. The number of esters is 4. The van der Waals surface area contributed by atoms with E-state index in [0.29, 0.717) is 60.7 Å². The molecule has 26 heteroatoms. The molecular formula is C41H32O26. The fraction of sp³-hybridized carbons (Fsp3) is 0.122. The van der Waals surface area contributed by atoms with E-state index in [-0.39, 0.29) is 0 Å². The minimum Gasteiger partial charge on any atom is -0.504 e. The first-order chi connectivity index (χ1) is 31.3. The summed E-state index contributed by atoms with van der Waals surface area (Å²) in [5.74, 6) is -29.1. The number of hydrogen-bond acceptors (Lipinski definition) is 26. The number of Topliss-reactive ketones (excluding diaryl/α,β-unsaturated/α-hetero) is 2. The van der Waals surface area contributed by atoms with Crippen LogP contribution in [0.5, 0.6) is 86.2 Å². The number of phenolic OH excluding ortho intramolecular Hbond substituents is 15. The number of aliphatic hydroxyl groups excluding tert-OH is 1. The molecule has 4 atom stereocenters. The van der Waals surface area contributed by atoms with Crippen molar-refractivity contribution < 1.29 is 129 Å². The number of ketones is 2. The van der Waals surface area contributed by atoms with Gasteiger partial charge in [0.25, 0.3) is 0 Å². The van der Waals surface area contributed by atoms with Gasteiger partial charge in [0.2, 0.25) is 17.7 Å². The number of rotatable bonds is 15. The maximum absolute atomic E-state index is 14.4. The van der Waals surface area contributed by atoms with Gasteiger partial charge in [0.15, 0.2) is 98.5 Å². The van der Waals surface area contributed by atoms with E-state index in [0.717, 1.165) is 0 Å². The molecule has 352 valence electrons. The van der Waals surface area contributed by atoms with Crippen molar-refractivity contribution in [3.05, 3.63) is 88.5 Å². The van der Waals surface area contributed by atoms with E-state index in [4.69, 9.17) is 18.9 Å². The Labute approximate surface area is 370 Å². The van der Waals surface area contributed by atoms with Crippen molar-refractivity contribution in [1.29, 1.82) is 0 Å². The standard InChI is InChI=1S/C41H32O26/c42-17-1-12(2-18(43)29(17)54)28(53)34(59)36(66-40(62)15-7-23(48)32(57)24(49)8-15)37(67-41(63)16-9-25(50)33(58)26(51)10-16)35(65-39(61)14-5-21(46)31(56)22(47)6-14)27(52)11-64-38(60)13-3-19(44)30(55)20(45)4-13/h1-10,27,35-37,42-52,54-58H,11H2/t27-,35-,36+,37+/m1/s1. The minimum atomic E-state index is -3.20. The Morgan fingerprint density at radius 3 is 0.925 bits per heavy atom. The average molecular weight is 941 g/mol. The molecule has 5 rings (SSSR count). The first kappa shape index (κ1) is 48.3. The summed E-state index contributed by atoms with van der Waals surface area (Å²) in [6, 6.07) is 4.38. The van der Waals surface area contributed by atoms with Gasteiger partial charge >= 0.3 is 23.9 Å². The Morgan fingerprint density at radius 1 is 0.358 bits per heavy atom. The number of phenols is 15. The van der Waals surface area contributed by atoms with E-state index in [1.54, 1.807) is 0 Å². The third kappa shape index (κ3) is 10.2. The number of carbonyl (C=O) groups excluding carboxylic acids is 6. The van der Waals surface area contributed by atoms with Crippen molar-refractivity contribution in [2.75, 3.05) is 6.61 Å². The maximum Gasteiger partial charge on any atom is 0.339 e. The molecule has 0 aliphatic rings. The van der Waals surface area contributed by atoms with Gasteiger partial charge in [0.05, 0.1) is 22.3 Å². The lowest BCUT2D eigenvalue weighted by atomic mass is 9.94. The molecule has 0 aromatic heterocycles. The largest absolute Gasteiger partial charge is 0.504 e. The van der Waals surface area contributed by atoms with Gasteiger partial charge in [-0.15, -0.1) is 0 Å². The predicted molar refractivity (Wildman–Crippen MR) is 210 cm³/mol. The summed E-state index contributed by atoms with van der Waals surface area (Å²) < 4.78 is 20.9. The Morgan fingerprint density at radius 2 is 0.612 bits per heavy atom. The number of aliphatic hydroxyl groups is 1. The number of benzene rings is 5. The second-order valence-corrected chi connectivity index (χ2v) is 13.7. The zero-order chi connectivity index (χ0) is 49.9. The summed E-state index contributed by atoms with van der Waals surface area (Å²) >= 11 is 0. The molecule has 0 heterocycles. The molecule has 5 aromatic carbocycles. The molecule has 26 nitrogen and oxygen atoms in total. The van der Waals surface area contributed by atoms with E-state index < -0.39 is 181 Å². The third-order valence-corrected chi connectivity index (χ3v) is 9.14. The first-order valence-electron chi connectivity index (χ1n) is 18.1. The van der Waals surface area contributed by atoms with Crippen LogP contribution in [0.2, 0.25) is 0 Å². The van der Waals surface area contributed by atoms with Crippen molar-refractivity contribution in [2.24, 2.45) is 0 Å². The van der Waals surface area contributed by atoms with Crippen LogP contribution in [0.4, 0.5) is 0 Å². The van der Waals surface area contributed by atoms with Crippen molar-refractivity contribution in [2.45, 2.75) is 24.4 Å². The molecule has 0 spiro atoms. The normalized spacial score (nSPS) is 12.7. The number of carbonyl (C=O) groups is 6. The highest BCUT2D eigenvalue weighted by molar-refractivity contribution is 6.45. The van der Waals surface area contributed by atoms with Gasteiger partial charge in [-0.05, 0) is 60.7 Å². The fourth-order valence-electron chi connectivity index (χ4n) is 5.74. The van der Waals surface area contributed by atoms with Crippen LogP contribution in [-0.4, -0.2) is 148 Å². The van der Waals surface area contributed by atoms with E-state index in [1.165, 1.54) is 0 Å². The molecule has 0 radical (unpaired) electrons. The smallest absolute Gasteiger partial charge is 0.339 e. The van der Waals surface area contributed by atoms with Gasteiger partial charge in [0.1, 0.15) is 12.7 Å². The zero-order valence-electron chi connectivity index (χ0n) is 33.0. The lowest BCUT2D eigenvalue weighted by Gasteiger charge is -2.34. The summed E-state index contributed by atoms with van der Waals surface area (Å²) in [5, 5.41) is 161. The van der Waals surface area contributed by atoms with Gasteiger partial charge < -0.3 is 101 Å². The Balaban J connectivity index is 1.74. The predicted octanol–water partition coefficient (Wildman–Crippen LogP) is 0.917. The number of aromatic hydroxyl groups is 15. The second-order valence-electron chi connectivity index (χ2n) is 13.7. The number of hydrogen-bond donors (Lipinski definition) is 16. The Kier molecular flexibility index (Phi) is 13.7. The Bertz CT molecular complexity index is 2730. The zero-order valence-corrected chi connectivity index (χ0v) is 33.0. The van der Waals surface area contributed by atoms with Crippen molar-refractivity contribution >= 4 is 35.4 Å². The lowest BCUT2D eigenvalue weighted by Crippen LogP contribution is -2.55. The molecule has 0 unspecified atom stereocenters. The summed E-state index contributed by atoms with van der Waals surface area (Å²) in [6.07, 6.45) is -12.0. The van der Waals surface area contributed by atoms with Crippen molar-refractivity contribution in [3.63, 3.8) is 0 Å². The van der Waals surface area contributed by atoms with Crippen LogP contribution in [0.1, 0.15) is 51.8 Å². The van der Waals surface area contributed by atoms with Crippen molar-refractivity contribution in [3.8, 4) is 86.2 Å². The van der Waals surface area contributed by atoms with Gasteiger partial charge in [-0.3, -0.25) is 9.59 Å². The molecule has 0 bridgehead atoms. The van der Waals surface area contributed by atoms with Crippen LogP contribution >= 0.6 is 0 Å². The first-order valence-corrected chi connectivity index (χ1v) is 18.1. The van der Waals surface area contributed by atoms with Gasteiger partial charge in [0, 0.05) is 5.56 Å². The summed E-state index contributed by atoms with van der Waals surface area (Å²) in [7, 11) is 0. The molecule has 67 heavy (non-hydrogen) atoms. The molecule has 0 saturated heterocycles. The minimum absolute atomic E-state index is 0.377. The second kappa shape index (κ2) is 18.9. The maximum atomic E-state index is 14.4. The third-order valence-electron chi connectivity index (χ3n) is 9.14. The van der Waals surface area contributed by atoms with E-state index in [9.17, 15) is 110 Å². The highest BCUT2D eigenvalue weighted by Crippen LogP contribution is 2.40. The lowest BCUT2D eigenvalue weighted by molar-refractivity contribution is -0.147. The highest BCUT2D eigenvalue weighted by atomic mass is 16.6. The molecule has 0 amide bonds. The van der Waals surface area contributed by atoms with E-state index in [1.807, 2.05) is 0 Å². The monoisotopic (exact) mass is 940 g/mol. The SMILES string of the molecule is O=C(OC[C@@H](O)[C@@H](OC(=O)c1cc(O)c(O)c(O)c1)[C@H](OC(=O)c1cc(O)c(O)c(O)c1)[C@@H](OC(=O)c1cc(O)c(O)c(O)c1)C(=O)C(=O)c1cc(O)c(O)c(O)c1)c1cc(O)c(O)c(O)c1. The quantitative estimate of drug-likeness (QED) is 0.0228. The summed E-state index contributed by atoms with van der Waals surface area (Å²) in [4.78, 5) is 82.7. The average Bonchev–Trinajstić information content (AvgIpc) is 3.27. The molecule has 0 fully saturated rings. The highest BCUT2D eigenvalue weighted by Gasteiger charge is 2.49. The van der Waals surface area contributed by atoms with Crippen LogP contribution in [0.25, 0.3) is 0 Å². The van der Waals surface area contributed by atoms with Gasteiger partial charge in [-0.2, -0.15) is 0 Å². The topological polar surface area (TPSA) is 463 Å². The molecule has 0 aliphatic heterocycles. The van der Waals surface area contributed by atoms with Crippen LogP contribution in [0, 0.1) is 0 Å². The van der Waals surface area contributed by atoms with Gasteiger partial charge in [-0.25, -0.2) is 19.2 Å². The fourth-order valence-corrected chi connectivity index (χ4v) is 5.74. The van der Waals surface area contributed by atoms with Crippen LogP contribution in [0.3, 0.4) is 0 Å². The number of ether oxygens (including phenoxy) is 4. The van der Waals surface area contributed by atoms with Crippen LogP contribution < -0.4 is 0 Å². The Hall–Kier alpha value is -9.72. The molecule has 0 aliphatic carbocycles. The summed E-state index contributed by atoms with van der Waals surface area (Å²) in [5.41, 5.74) is -4.72. The molecule has 0 saturated carbocycles. The van der Waals surface area contributed by atoms with Crippen LogP contribution in [-0.2, 0) is 23.7 Å². The molecule has 5 aromatic rings. The van der Waals surface area contributed by atoms with Crippen LogP contribution in [0.15, 0.2) is 60.7 Å². The van der Waals surface area contributed by atoms with E-state index in [2.05, 4.69) is 0 Å². The van der Waals surface area contributed by atoms with E-state index >= 15 is 0 Å². The van der Waals surface area contributed by atoms with Crippen molar-refractivity contribution in [1.82, 2.24) is 0 Å². The van der Waals surface area contributed by atoms with Gasteiger partial charge in [-0.1, -0.05) is 0 Å². The molecular weight excluding hydrogens is 908 g/mol. The summed E-state index contributed by atoms with van der Waals surface area (Å²) in [6.45, 7) is -1.53.